The zero-order chi connectivity index (χ0) is 7.40. The third kappa shape index (κ3) is 1.76. The topological polar surface area (TPSA) is 25.8 Å². The van der Waals surface area contributed by atoms with Crippen molar-refractivity contribution < 1.29 is 4.39 Å². The molecule has 0 radical (unpaired) electrons. The maximum Gasteiger partial charge on any atom is 0.308 e. The Morgan fingerprint density at radius 2 is 2.00 bits per heavy atom. The van der Waals surface area contributed by atoms with Crippen LogP contribution in [0.2, 0.25) is 0 Å². The van der Waals surface area contributed by atoms with Crippen molar-refractivity contribution in [3.63, 3.8) is 0 Å². The molecule has 2 nitrogen and oxygen atoms in total. The van der Waals surface area contributed by atoms with Crippen LogP contribution in [0.4, 0.5) is 4.39 Å². The SMILES string of the molecule is CCCc1cnc(F)nc1. The molecule has 0 unspecified atom stereocenters. The van der Waals surface area contributed by atoms with Crippen LogP contribution in [0.15, 0.2) is 12.4 Å². The first kappa shape index (κ1) is 7.12. The first-order valence-electron chi connectivity index (χ1n) is 3.29. The Morgan fingerprint density at radius 1 is 1.40 bits per heavy atom. The van der Waals surface area contributed by atoms with E-state index in [2.05, 4.69) is 16.9 Å². The monoisotopic (exact) mass is 140 g/mol. The first-order valence-corrected chi connectivity index (χ1v) is 3.29. The van der Waals surface area contributed by atoms with Gasteiger partial charge in [-0.05, 0) is 12.0 Å². The fourth-order valence-corrected chi connectivity index (χ4v) is 0.757. The summed E-state index contributed by atoms with van der Waals surface area (Å²) in [6, 6.07) is 0. The molecule has 0 saturated carbocycles. The van der Waals surface area contributed by atoms with E-state index < -0.39 is 6.08 Å². The minimum Gasteiger partial charge on any atom is -0.211 e. The Bertz CT molecular complexity index is 195. The number of hydrogen-bond acceptors (Lipinski definition) is 2. The average molecular weight is 140 g/mol. The largest absolute Gasteiger partial charge is 0.308 e. The van der Waals surface area contributed by atoms with Gasteiger partial charge in [0.1, 0.15) is 0 Å². The van der Waals surface area contributed by atoms with Crippen LogP contribution in [0.1, 0.15) is 18.9 Å². The molecule has 1 heterocycles. The zero-order valence-corrected chi connectivity index (χ0v) is 5.84. The van der Waals surface area contributed by atoms with E-state index in [1.54, 1.807) is 0 Å². The molecule has 0 aromatic carbocycles. The Morgan fingerprint density at radius 3 is 2.50 bits per heavy atom. The molecule has 1 aromatic heterocycles. The molecule has 0 spiro atoms. The average Bonchev–Trinajstić information content (AvgIpc) is 1.95. The van der Waals surface area contributed by atoms with E-state index in [1.165, 1.54) is 12.4 Å². The van der Waals surface area contributed by atoms with Gasteiger partial charge in [-0.2, -0.15) is 4.39 Å². The second-order valence-corrected chi connectivity index (χ2v) is 2.11. The summed E-state index contributed by atoms with van der Waals surface area (Å²) in [4.78, 5) is 6.84. The fraction of sp³-hybridized carbons (Fsp3) is 0.429. The Hall–Kier alpha value is -0.990. The Balaban J connectivity index is 2.69. The summed E-state index contributed by atoms with van der Waals surface area (Å²) in [6.07, 6.45) is 4.34. The lowest BCUT2D eigenvalue weighted by atomic mass is 10.2. The third-order valence-electron chi connectivity index (χ3n) is 1.21. The molecule has 0 aliphatic carbocycles. The molecule has 0 saturated heterocycles. The Kier molecular flexibility index (Phi) is 2.31. The molecule has 0 bridgehead atoms. The molecule has 0 N–H and O–H groups in total. The highest BCUT2D eigenvalue weighted by Crippen LogP contribution is 1.98. The van der Waals surface area contributed by atoms with Crippen molar-refractivity contribution in [1.82, 2.24) is 9.97 Å². The van der Waals surface area contributed by atoms with E-state index in [0.717, 1.165) is 18.4 Å². The minimum atomic E-state index is -0.653. The summed E-state index contributed by atoms with van der Waals surface area (Å²) in [5.74, 6) is 0. The first-order chi connectivity index (χ1) is 4.83. The van der Waals surface area contributed by atoms with Crippen LogP contribution in [0, 0.1) is 6.08 Å². The van der Waals surface area contributed by atoms with Gasteiger partial charge in [0.05, 0.1) is 0 Å². The van der Waals surface area contributed by atoms with Gasteiger partial charge in [-0.3, -0.25) is 0 Å². The molecular formula is C7H9FN2. The zero-order valence-electron chi connectivity index (χ0n) is 5.84. The van der Waals surface area contributed by atoms with Gasteiger partial charge >= 0.3 is 6.08 Å². The van der Waals surface area contributed by atoms with Crippen molar-refractivity contribution >= 4 is 0 Å². The van der Waals surface area contributed by atoms with Gasteiger partial charge < -0.3 is 0 Å². The van der Waals surface area contributed by atoms with Crippen LogP contribution in [0.3, 0.4) is 0 Å². The molecule has 0 amide bonds. The predicted molar refractivity (Wildman–Crippen MR) is 36.0 cm³/mol. The molecule has 0 fully saturated rings. The van der Waals surface area contributed by atoms with Crippen molar-refractivity contribution in [2.24, 2.45) is 0 Å². The lowest BCUT2D eigenvalue weighted by Crippen LogP contribution is -1.91. The molecule has 1 rings (SSSR count). The van der Waals surface area contributed by atoms with Gasteiger partial charge in [0.15, 0.2) is 0 Å². The second kappa shape index (κ2) is 3.25. The van der Waals surface area contributed by atoms with Crippen molar-refractivity contribution in [3.8, 4) is 0 Å². The number of aromatic nitrogens is 2. The van der Waals surface area contributed by atoms with E-state index >= 15 is 0 Å². The molecule has 1 aromatic rings. The van der Waals surface area contributed by atoms with E-state index in [-0.39, 0.29) is 0 Å². The second-order valence-electron chi connectivity index (χ2n) is 2.11. The predicted octanol–water partition coefficient (Wildman–Crippen LogP) is 1.57. The lowest BCUT2D eigenvalue weighted by molar-refractivity contribution is 0.536. The van der Waals surface area contributed by atoms with Gasteiger partial charge in [-0.1, -0.05) is 13.3 Å². The van der Waals surface area contributed by atoms with Crippen LogP contribution in [0.5, 0.6) is 0 Å². The van der Waals surface area contributed by atoms with Crippen molar-refractivity contribution in [2.75, 3.05) is 0 Å². The minimum absolute atomic E-state index is 0.653. The number of nitrogens with zero attached hydrogens (tertiary/aromatic N) is 2. The summed E-state index contributed by atoms with van der Waals surface area (Å²) in [5, 5.41) is 0. The molecule has 0 aliphatic rings. The van der Waals surface area contributed by atoms with Crippen LogP contribution in [0.25, 0.3) is 0 Å². The van der Waals surface area contributed by atoms with E-state index in [1.807, 2.05) is 0 Å². The summed E-state index contributed by atoms with van der Waals surface area (Å²) in [5.41, 5.74) is 0.990. The lowest BCUT2D eigenvalue weighted by Gasteiger charge is -1.93. The third-order valence-corrected chi connectivity index (χ3v) is 1.21. The van der Waals surface area contributed by atoms with Crippen LogP contribution < -0.4 is 0 Å². The maximum absolute atomic E-state index is 12.1. The normalized spacial score (nSPS) is 9.80. The van der Waals surface area contributed by atoms with Crippen molar-refractivity contribution in [3.05, 3.63) is 24.0 Å². The van der Waals surface area contributed by atoms with Crippen molar-refractivity contribution in [2.45, 2.75) is 19.8 Å². The Labute approximate surface area is 59.1 Å². The van der Waals surface area contributed by atoms with E-state index in [0.29, 0.717) is 0 Å². The number of hydrogen-bond donors (Lipinski definition) is 0. The van der Waals surface area contributed by atoms with Crippen molar-refractivity contribution in [1.29, 1.82) is 0 Å². The highest BCUT2D eigenvalue weighted by molar-refractivity contribution is 5.02. The van der Waals surface area contributed by atoms with E-state index in [4.69, 9.17) is 0 Å². The maximum atomic E-state index is 12.1. The summed E-state index contributed by atoms with van der Waals surface area (Å²) >= 11 is 0. The molecule has 54 valence electrons. The quantitative estimate of drug-likeness (QED) is 0.583. The van der Waals surface area contributed by atoms with Crippen LogP contribution in [-0.2, 0) is 6.42 Å². The summed E-state index contributed by atoms with van der Waals surface area (Å²) in [7, 11) is 0. The van der Waals surface area contributed by atoms with E-state index in [9.17, 15) is 4.39 Å². The number of rotatable bonds is 2. The number of aryl methyl sites for hydroxylation is 1. The molecule has 0 aliphatic heterocycles. The van der Waals surface area contributed by atoms with Gasteiger partial charge in [-0.25, -0.2) is 9.97 Å². The molecule has 3 heteroatoms. The summed E-state index contributed by atoms with van der Waals surface area (Å²) in [6.45, 7) is 2.06. The molecule has 10 heavy (non-hydrogen) atoms. The smallest absolute Gasteiger partial charge is 0.211 e. The van der Waals surface area contributed by atoms with Crippen LogP contribution >= 0.6 is 0 Å². The van der Waals surface area contributed by atoms with Gasteiger partial charge in [0.2, 0.25) is 0 Å². The van der Waals surface area contributed by atoms with Gasteiger partial charge in [-0.15, -0.1) is 0 Å². The molecular weight excluding hydrogens is 131 g/mol. The molecule has 0 atom stereocenters. The van der Waals surface area contributed by atoms with Gasteiger partial charge in [0.25, 0.3) is 0 Å². The van der Waals surface area contributed by atoms with Gasteiger partial charge in [0, 0.05) is 12.4 Å². The highest BCUT2D eigenvalue weighted by atomic mass is 19.1. The number of halogens is 1. The van der Waals surface area contributed by atoms with Crippen LogP contribution in [-0.4, -0.2) is 9.97 Å². The standard InChI is InChI=1S/C7H9FN2/c1-2-3-6-4-9-7(8)10-5-6/h4-5H,2-3H2,1H3. The highest BCUT2D eigenvalue weighted by Gasteiger charge is 1.92. The summed E-state index contributed by atoms with van der Waals surface area (Å²) < 4.78 is 12.1. The fourth-order valence-electron chi connectivity index (χ4n) is 0.757.